The summed E-state index contributed by atoms with van der Waals surface area (Å²) in [4.78, 5) is 17.3. The van der Waals surface area contributed by atoms with E-state index in [2.05, 4.69) is 20.5 Å². The third-order valence-corrected chi connectivity index (χ3v) is 5.52. The van der Waals surface area contributed by atoms with E-state index in [0.717, 1.165) is 12.3 Å². The molecule has 3 heterocycles. The molecule has 0 bridgehead atoms. The molecule has 1 amide bonds. The first kappa shape index (κ1) is 24.0. The highest BCUT2D eigenvalue weighted by Gasteiger charge is 2.36. The summed E-state index contributed by atoms with van der Waals surface area (Å²) >= 11 is 0. The fraction of sp³-hybridized carbons (Fsp3) is 0.120. The van der Waals surface area contributed by atoms with Gasteiger partial charge in [0.25, 0.3) is 5.91 Å². The van der Waals surface area contributed by atoms with Crippen LogP contribution in [0.2, 0.25) is 0 Å². The van der Waals surface area contributed by atoms with E-state index in [1.54, 1.807) is 36.4 Å². The highest BCUT2D eigenvalue weighted by atomic mass is 19.4. The van der Waals surface area contributed by atoms with Gasteiger partial charge in [-0.2, -0.15) is 23.4 Å². The van der Waals surface area contributed by atoms with Gasteiger partial charge in [0.05, 0.1) is 37.4 Å². The van der Waals surface area contributed by atoms with E-state index >= 15 is 0 Å². The molecule has 2 aromatic carbocycles. The lowest BCUT2D eigenvalue weighted by Crippen LogP contribution is -2.15. The molecule has 1 N–H and O–H groups in total. The van der Waals surface area contributed by atoms with Crippen LogP contribution in [0.15, 0.2) is 73.2 Å². The van der Waals surface area contributed by atoms with E-state index in [1.165, 1.54) is 36.3 Å². The maximum Gasteiger partial charge on any atom is 0.433 e. The molecule has 5 aromatic rings. The van der Waals surface area contributed by atoms with Crippen molar-refractivity contribution in [3.05, 3.63) is 95.8 Å². The molecule has 0 aliphatic heterocycles. The summed E-state index contributed by atoms with van der Waals surface area (Å²) < 4.78 is 62.2. The maximum absolute atomic E-state index is 13.9. The van der Waals surface area contributed by atoms with E-state index in [4.69, 9.17) is 4.74 Å². The average Bonchev–Trinajstić information content (AvgIpc) is 3.49. The lowest BCUT2D eigenvalue weighted by molar-refractivity contribution is -0.142. The van der Waals surface area contributed by atoms with Crippen molar-refractivity contribution >= 4 is 17.2 Å². The molecule has 3 aromatic heterocycles. The number of hydrogen-bond donors (Lipinski definition) is 1. The van der Waals surface area contributed by atoms with Crippen molar-refractivity contribution in [1.82, 2.24) is 24.4 Å². The normalized spacial score (nSPS) is 11.6. The molecule has 188 valence electrons. The fourth-order valence-corrected chi connectivity index (χ4v) is 3.77. The Morgan fingerprint density at radius 1 is 1.05 bits per heavy atom. The summed E-state index contributed by atoms with van der Waals surface area (Å²) in [7, 11) is 1.48. The molecule has 8 nitrogen and oxygen atoms in total. The minimum atomic E-state index is -4.75. The Bertz CT molecular complexity index is 1590. The van der Waals surface area contributed by atoms with Crippen LogP contribution in [0.3, 0.4) is 0 Å². The standard InChI is InChI=1S/C25H18F4N6O2/c1-37-19-7-5-16(6-8-19)21-10-22(25(27,28)29)35-23(33-21)20(12-31-35)24(36)32-18-11-30-34(14-18)13-15-3-2-4-17(26)9-15/h2-12,14H,13H2,1H3,(H,32,36). The van der Waals surface area contributed by atoms with E-state index in [9.17, 15) is 22.4 Å². The van der Waals surface area contributed by atoms with Gasteiger partial charge in [-0.15, -0.1) is 0 Å². The third-order valence-electron chi connectivity index (χ3n) is 5.52. The first-order valence-electron chi connectivity index (χ1n) is 10.9. The molecule has 0 unspecified atom stereocenters. The van der Waals surface area contributed by atoms with Gasteiger partial charge in [-0.25, -0.2) is 13.9 Å². The molecular formula is C25H18F4N6O2. The molecule has 0 aliphatic carbocycles. The molecule has 37 heavy (non-hydrogen) atoms. The molecule has 0 fully saturated rings. The van der Waals surface area contributed by atoms with Crippen molar-refractivity contribution in [1.29, 1.82) is 0 Å². The highest BCUT2D eigenvalue weighted by Crippen LogP contribution is 2.33. The molecular weight excluding hydrogens is 492 g/mol. The number of hydrogen-bond acceptors (Lipinski definition) is 5. The Labute approximate surface area is 207 Å². The van der Waals surface area contributed by atoms with Crippen molar-refractivity contribution in [3.8, 4) is 17.0 Å². The number of methoxy groups -OCH3 is 1. The Balaban J connectivity index is 1.46. The Morgan fingerprint density at radius 3 is 2.54 bits per heavy atom. The smallest absolute Gasteiger partial charge is 0.433 e. The summed E-state index contributed by atoms with van der Waals surface area (Å²) in [5.74, 6) is -0.568. The zero-order valence-corrected chi connectivity index (χ0v) is 19.2. The summed E-state index contributed by atoms with van der Waals surface area (Å²) in [6.45, 7) is 0.256. The number of aromatic nitrogens is 5. The summed E-state index contributed by atoms with van der Waals surface area (Å²) in [5.41, 5.74) is -0.115. The second-order valence-electron chi connectivity index (χ2n) is 8.06. The van der Waals surface area contributed by atoms with Crippen molar-refractivity contribution in [2.45, 2.75) is 12.7 Å². The van der Waals surface area contributed by atoms with Crippen LogP contribution < -0.4 is 10.1 Å². The predicted octanol–water partition coefficient (Wildman–Crippen LogP) is 5.06. The van der Waals surface area contributed by atoms with Gasteiger partial charge in [-0.05, 0) is 48.0 Å². The summed E-state index contributed by atoms with van der Waals surface area (Å²) in [6, 6.07) is 13.2. The number of carbonyl (C=O) groups is 1. The molecule has 0 saturated carbocycles. The van der Waals surface area contributed by atoms with Gasteiger partial charge in [0.1, 0.15) is 17.1 Å². The van der Waals surface area contributed by atoms with Crippen LogP contribution in [0.5, 0.6) is 5.75 Å². The van der Waals surface area contributed by atoms with Gasteiger partial charge >= 0.3 is 6.18 Å². The molecule has 0 saturated heterocycles. The number of nitrogens with one attached hydrogen (secondary N) is 1. The van der Waals surface area contributed by atoms with Crippen molar-refractivity contribution in [2.24, 2.45) is 0 Å². The second-order valence-corrected chi connectivity index (χ2v) is 8.06. The average molecular weight is 510 g/mol. The van der Waals surface area contributed by atoms with Crippen LogP contribution in [-0.4, -0.2) is 37.4 Å². The quantitative estimate of drug-likeness (QED) is 0.323. The van der Waals surface area contributed by atoms with Gasteiger partial charge in [-0.1, -0.05) is 12.1 Å². The number of anilines is 1. The topological polar surface area (TPSA) is 86.3 Å². The van der Waals surface area contributed by atoms with Crippen LogP contribution in [0.25, 0.3) is 16.9 Å². The SMILES string of the molecule is COc1ccc(-c2cc(C(F)(F)F)n3ncc(C(=O)Nc4cnn(Cc5cccc(F)c5)c4)c3n2)cc1. The summed E-state index contributed by atoms with van der Waals surface area (Å²) in [5, 5.41) is 10.5. The van der Waals surface area contributed by atoms with Gasteiger partial charge in [-0.3, -0.25) is 9.48 Å². The van der Waals surface area contributed by atoms with E-state index < -0.39 is 17.8 Å². The zero-order chi connectivity index (χ0) is 26.2. The van der Waals surface area contributed by atoms with Crippen molar-refractivity contribution < 1.29 is 27.1 Å². The first-order valence-corrected chi connectivity index (χ1v) is 10.9. The van der Waals surface area contributed by atoms with Gasteiger partial charge < -0.3 is 10.1 Å². The van der Waals surface area contributed by atoms with Crippen molar-refractivity contribution in [2.75, 3.05) is 12.4 Å². The molecule has 0 aliphatic rings. The Morgan fingerprint density at radius 2 is 1.84 bits per heavy atom. The third kappa shape index (κ3) is 4.99. The van der Waals surface area contributed by atoms with E-state index in [0.29, 0.717) is 27.1 Å². The van der Waals surface area contributed by atoms with Gasteiger partial charge in [0.15, 0.2) is 11.3 Å². The number of benzene rings is 2. The number of fused-ring (bicyclic) bond motifs is 1. The first-order chi connectivity index (χ1) is 17.7. The zero-order valence-electron chi connectivity index (χ0n) is 19.2. The number of carbonyl (C=O) groups excluding carboxylic acids is 1. The number of nitrogens with zero attached hydrogens (tertiary/aromatic N) is 5. The van der Waals surface area contributed by atoms with Gasteiger partial charge in [0.2, 0.25) is 0 Å². The van der Waals surface area contributed by atoms with Crippen LogP contribution in [0.4, 0.5) is 23.2 Å². The number of alkyl halides is 3. The molecule has 5 rings (SSSR count). The predicted molar refractivity (Wildman–Crippen MR) is 126 cm³/mol. The van der Waals surface area contributed by atoms with Gasteiger partial charge in [0, 0.05) is 11.8 Å². The summed E-state index contributed by atoms with van der Waals surface area (Å²) in [6.07, 6.45) is -0.825. The minimum Gasteiger partial charge on any atom is -0.497 e. The Hall–Kier alpha value is -4.74. The number of ether oxygens (including phenoxy) is 1. The van der Waals surface area contributed by atoms with Crippen molar-refractivity contribution in [3.63, 3.8) is 0 Å². The largest absolute Gasteiger partial charge is 0.497 e. The minimum absolute atomic E-state index is 0.0138. The van der Waals surface area contributed by atoms with Crippen LogP contribution >= 0.6 is 0 Å². The lowest BCUT2D eigenvalue weighted by Gasteiger charge is -2.12. The molecule has 12 heteroatoms. The van der Waals surface area contributed by atoms with Crippen LogP contribution in [0, 0.1) is 5.82 Å². The molecule has 0 spiro atoms. The van der Waals surface area contributed by atoms with Crippen LogP contribution in [0.1, 0.15) is 21.6 Å². The highest BCUT2D eigenvalue weighted by molar-refractivity contribution is 6.08. The molecule has 0 atom stereocenters. The van der Waals surface area contributed by atoms with E-state index in [-0.39, 0.29) is 29.3 Å². The number of halogens is 4. The fourth-order valence-electron chi connectivity index (χ4n) is 3.77. The van der Waals surface area contributed by atoms with Crippen LogP contribution in [-0.2, 0) is 12.7 Å². The Kier molecular flexibility index (Phi) is 6.07. The second kappa shape index (κ2) is 9.37. The molecule has 0 radical (unpaired) electrons. The number of amides is 1. The maximum atomic E-state index is 13.9. The lowest BCUT2D eigenvalue weighted by atomic mass is 10.1. The number of rotatable bonds is 6. The monoisotopic (exact) mass is 510 g/mol. The van der Waals surface area contributed by atoms with E-state index in [1.807, 2.05) is 0 Å².